The fraction of sp³-hybridized carbons (Fsp3) is 0.0588. The fourth-order valence-corrected chi connectivity index (χ4v) is 2.25. The van der Waals surface area contributed by atoms with Crippen molar-refractivity contribution in [1.29, 1.82) is 0 Å². The van der Waals surface area contributed by atoms with Crippen LogP contribution in [0.2, 0.25) is 0 Å². The normalized spacial score (nSPS) is 10.3. The molecule has 24 heavy (non-hydrogen) atoms. The molecule has 0 saturated carbocycles. The summed E-state index contributed by atoms with van der Waals surface area (Å²) in [6.07, 6.45) is 5.30. The molecule has 0 unspecified atom stereocenters. The molecule has 7 heteroatoms. The van der Waals surface area contributed by atoms with Crippen LogP contribution in [-0.2, 0) is 6.54 Å². The first-order chi connectivity index (χ1) is 11.6. The minimum atomic E-state index is -0.499. The van der Waals surface area contributed by atoms with Crippen molar-refractivity contribution in [3.8, 4) is 0 Å². The smallest absolute Gasteiger partial charge is 0.271 e. The number of carbonyl (C=O) groups is 1. The van der Waals surface area contributed by atoms with Crippen LogP contribution in [0, 0.1) is 10.1 Å². The molecule has 0 saturated heterocycles. The molecule has 0 radical (unpaired) electrons. The van der Waals surface area contributed by atoms with Gasteiger partial charge in [0, 0.05) is 42.3 Å². The Hall–Kier alpha value is -3.48. The molecule has 1 heterocycles. The zero-order chi connectivity index (χ0) is 16.9. The molecule has 0 aliphatic heterocycles. The van der Waals surface area contributed by atoms with Crippen molar-refractivity contribution in [2.75, 3.05) is 5.32 Å². The van der Waals surface area contributed by atoms with E-state index in [0.717, 1.165) is 5.56 Å². The third kappa shape index (κ3) is 3.64. The zero-order valence-electron chi connectivity index (χ0n) is 12.6. The summed E-state index contributed by atoms with van der Waals surface area (Å²) in [5, 5.41) is 13.4. The largest absolute Gasteiger partial charge is 0.333 e. The molecule has 3 aromatic rings. The molecule has 0 fully saturated rings. The van der Waals surface area contributed by atoms with E-state index in [1.54, 1.807) is 30.7 Å². The van der Waals surface area contributed by atoms with Crippen molar-refractivity contribution >= 4 is 17.3 Å². The topological polar surface area (TPSA) is 90.1 Å². The van der Waals surface area contributed by atoms with Gasteiger partial charge in [-0.05, 0) is 23.8 Å². The van der Waals surface area contributed by atoms with Gasteiger partial charge in [-0.25, -0.2) is 4.98 Å². The van der Waals surface area contributed by atoms with E-state index in [2.05, 4.69) is 10.3 Å². The van der Waals surface area contributed by atoms with Crippen LogP contribution < -0.4 is 5.32 Å². The highest BCUT2D eigenvalue weighted by Gasteiger charge is 2.10. The number of anilines is 1. The molecule has 1 aromatic heterocycles. The maximum Gasteiger partial charge on any atom is 0.271 e. The van der Waals surface area contributed by atoms with E-state index in [4.69, 9.17) is 0 Å². The molecule has 0 atom stereocenters. The number of aromatic nitrogens is 2. The minimum Gasteiger partial charge on any atom is -0.333 e. The number of amides is 1. The molecule has 1 amide bonds. The highest BCUT2D eigenvalue weighted by atomic mass is 16.6. The predicted octanol–water partition coefficient (Wildman–Crippen LogP) is 3.09. The van der Waals surface area contributed by atoms with Crippen LogP contribution in [0.4, 0.5) is 11.4 Å². The minimum absolute atomic E-state index is 0.0662. The molecule has 3 rings (SSSR count). The highest BCUT2D eigenvalue weighted by Crippen LogP contribution is 2.18. The molecule has 2 aromatic carbocycles. The van der Waals surface area contributed by atoms with Gasteiger partial charge in [0.2, 0.25) is 0 Å². The summed E-state index contributed by atoms with van der Waals surface area (Å²) in [4.78, 5) is 26.5. The van der Waals surface area contributed by atoms with Crippen LogP contribution in [0.25, 0.3) is 0 Å². The number of benzene rings is 2. The molecule has 1 N–H and O–H groups in total. The molecule has 0 bridgehead atoms. The van der Waals surface area contributed by atoms with E-state index in [1.807, 2.05) is 22.9 Å². The van der Waals surface area contributed by atoms with Crippen LogP contribution in [0.1, 0.15) is 15.9 Å². The summed E-state index contributed by atoms with van der Waals surface area (Å²) in [7, 11) is 0. The van der Waals surface area contributed by atoms with Gasteiger partial charge in [0.15, 0.2) is 0 Å². The SMILES string of the molecule is O=C(Nc1cccc([N+](=O)[O-])c1)c1ccc(Cn2ccnc2)cc1. The average Bonchev–Trinajstić information content (AvgIpc) is 3.08. The Balaban J connectivity index is 1.69. The number of non-ortho nitro benzene ring substituents is 1. The summed E-state index contributed by atoms with van der Waals surface area (Å²) in [5.41, 5.74) is 1.84. The number of nitro benzene ring substituents is 1. The van der Waals surface area contributed by atoms with Crippen molar-refractivity contribution in [3.63, 3.8) is 0 Å². The van der Waals surface area contributed by atoms with E-state index in [0.29, 0.717) is 17.8 Å². The zero-order valence-corrected chi connectivity index (χ0v) is 12.6. The summed E-state index contributed by atoms with van der Waals surface area (Å²) in [6.45, 7) is 0.673. The van der Waals surface area contributed by atoms with Crippen molar-refractivity contribution in [3.05, 3.63) is 88.5 Å². The van der Waals surface area contributed by atoms with Gasteiger partial charge >= 0.3 is 0 Å². The van der Waals surface area contributed by atoms with E-state index in [9.17, 15) is 14.9 Å². The first-order valence-electron chi connectivity index (χ1n) is 7.22. The van der Waals surface area contributed by atoms with Crippen LogP contribution in [0.15, 0.2) is 67.3 Å². The van der Waals surface area contributed by atoms with E-state index < -0.39 is 4.92 Å². The lowest BCUT2D eigenvalue weighted by molar-refractivity contribution is -0.384. The second-order valence-electron chi connectivity index (χ2n) is 5.19. The maximum absolute atomic E-state index is 12.2. The first kappa shape index (κ1) is 15.4. The number of nitrogens with zero attached hydrogens (tertiary/aromatic N) is 3. The third-order valence-corrected chi connectivity index (χ3v) is 3.46. The van der Waals surface area contributed by atoms with E-state index in [-0.39, 0.29) is 11.6 Å². The van der Waals surface area contributed by atoms with Gasteiger partial charge in [-0.2, -0.15) is 0 Å². The van der Waals surface area contributed by atoms with Crippen LogP contribution in [-0.4, -0.2) is 20.4 Å². The molecule has 120 valence electrons. The van der Waals surface area contributed by atoms with Crippen LogP contribution >= 0.6 is 0 Å². The summed E-state index contributed by atoms with van der Waals surface area (Å²) < 4.78 is 1.93. The number of hydrogen-bond acceptors (Lipinski definition) is 4. The molecule has 0 aliphatic rings. The van der Waals surface area contributed by atoms with E-state index >= 15 is 0 Å². The van der Waals surface area contributed by atoms with Crippen LogP contribution in [0.5, 0.6) is 0 Å². The Kier molecular flexibility index (Phi) is 4.33. The van der Waals surface area contributed by atoms with Crippen molar-refractivity contribution in [1.82, 2.24) is 9.55 Å². The Morgan fingerprint density at radius 3 is 2.67 bits per heavy atom. The highest BCUT2D eigenvalue weighted by molar-refractivity contribution is 6.04. The van der Waals surface area contributed by atoms with Crippen LogP contribution in [0.3, 0.4) is 0 Å². The number of nitro groups is 1. The third-order valence-electron chi connectivity index (χ3n) is 3.46. The second-order valence-corrected chi connectivity index (χ2v) is 5.19. The van der Waals surface area contributed by atoms with Gasteiger partial charge in [-0.3, -0.25) is 14.9 Å². The van der Waals surface area contributed by atoms with Gasteiger partial charge in [-0.1, -0.05) is 18.2 Å². The number of nitrogens with one attached hydrogen (secondary N) is 1. The lowest BCUT2D eigenvalue weighted by atomic mass is 10.1. The van der Waals surface area contributed by atoms with Gasteiger partial charge in [-0.15, -0.1) is 0 Å². The lowest BCUT2D eigenvalue weighted by Crippen LogP contribution is -2.12. The Morgan fingerprint density at radius 1 is 1.21 bits per heavy atom. The number of imidazole rings is 1. The van der Waals surface area contributed by atoms with Gasteiger partial charge < -0.3 is 9.88 Å². The standard InChI is InChI=1S/C17H14N4O3/c22-17(19-15-2-1-3-16(10-15)21(23)24)14-6-4-13(5-7-14)11-20-9-8-18-12-20/h1-10,12H,11H2,(H,19,22). The molecular formula is C17H14N4O3. The summed E-state index contributed by atoms with van der Waals surface area (Å²) >= 11 is 0. The lowest BCUT2D eigenvalue weighted by Gasteiger charge is -2.07. The molecule has 7 nitrogen and oxygen atoms in total. The van der Waals surface area contributed by atoms with Gasteiger partial charge in [0.25, 0.3) is 11.6 Å². The molecule has 0 spiro atoms. The summed E-state index contributed by atoms with van der Waals surface area (Å²) in [5.74, 6) is -0.315. The number of hydrogen-bond donors (Lipinski definition) is 1. The monoisotopic (exact) mass is 322 g/mol. The Labute approximate surface area is 137 Å². The Morgan fingerprint density at radius 2 is 2.00 bits per heavy atom. The quantitative estimate of drug-likeness (QED) is 0.577. The maximum atomic E-state index is 12.2. The van der Waals surface area contributed by atoms with Crippen molar-refractivity contribution in [2.45, 2.75) is 6.54 Å². The summed E-state index contributed by atoms with van der Waals surface area (Å²) in [6, 6.07) is 13.0. The number of carbonyl (C=O) groups excluding carboxylic acids is 1. The van der Waals surface area contributed by atoms with Crippen molar-refractivity contribution < 1.29 is 9.72 Å². The number of rotatable bonds is 5. The fourth-order valence-electron chi connectivity index (χ4n) is 2.25. The van der Waals surface area contributed by atoms with Gasteiger partial charge in [0.1, 0.15) is 0 Å². The Bertz CT molecular complexity index is 858. The predicted molar refractivity (Wildman–Crippen MR) is 88.8 cm³/mol. The van der Waals surface area contributed by atoms with Crippen molar-refractivity contribution in [2.24, 2.45) is 0 Å². The second kappa shape index (κ2) is 6.74. The van der Waals surface area contributed by atoms with Gasteiger partial charge in [0.05, 0.1) is 11.3 Å². The molecular weight excluding hydrogens is 308 g/mol. The molecule has 0 aliphatic carbocycles. The van der Waals surface area contributed by atoms with E-state index in [1.165, 1.54) is 18.2 Å². The average molecular weight is 322 g/mol. The first-order valence-corrected chi connectivity index (χ1v) is 7.22.